The van der Waals surface area contributed by atoms with E-state index in [1.54, 1.807) is 31.2 Å². The number of rotatable bonds is 5. The van der Waals surface area contributed by atoms with Gasteiger partial charge in [-0.05, 0) is 30.7 Å². The van der Waals surface area contributed by atoms with Crippen LogP contribution in [0.2, 0.25) is 5.02 Å². The average Bonchev–Trinajstić information content (AvgIpc) is 3.22. The molecule has 2 N–H and O–H groups in total. The number of phosphoric ester groups is 1. The molecular formula is C20H21ClN3O9P. The van der Waals surface area contributed by atoms with E-state index in [-0.39, 0.29) is 19.0 Å². The van der Waals surface area contributed by atoms with Crippen molar-refractivity contribution in [2.24, 2.45) is 0 Å². The number of nitrogens with zero attached hydrogens (tertiary/aromatic N) is 2. The predicted octanol–water partition coefficient (Wildman–Crippen LogP) is 2.97. The van der Waals surface area contributed by atoms with Gasteiger partial charge >= 0.3 is 19.7 Å². The molecule has 3 aliphatic heterocycles. The molecule has 12 nitrogen and oxygen atoms in total. The molecule has 3 saturated heterocycles. The summed E-state index contributed by atoms with van der Waals surface area (Å²) in [5.41, 5.74) is 4.21. The molecule has 1 aromatic heterocycles. The van der Waals surface area contributed by atoms with Crippen LogP contribution in [-0.2, 0) is 32.3 Å². The highest BCUT2D eigenvalue weighted by Crippen LogP contribution is 2.58. The number of aromatic nitrogens is 2. The lowest BCUT2D eigenvalue weighted by Gasteiger charge is -2.30. The third kappa shape index (κ3) is 4.21. The van der Waals surface area contributed by atoms with Gasteiger partial charge in [0.1, 0.15) is 11.9 Å². The number of nitrogen functional groups attached to an aromatic ring is 1. The Labute approximate surface area is 198 Å². The van der Waals surface area contributed by atoms with Crippen LogP contribution in [0.1, 0.15) is 31.2 Å². The second kappa shape index (κ2) is 8.63. The number of halogens is 1. The third-order valence-electron chi connectivity index (χ3n) is 5.83. The standard InChI is InChI=1S/C20H21ClN3O9P/c1-20-16(31-19(26)32-20)14(30-17(20)24-7-5-15(22)23-18(24)25)10-29-34(27)28-8-6-13(33-34)11-3-2-4-12(21)9-11/h2-5,7,9,13-14,16-17H,6,8,10H2,1H3,(H2,22,23,25)/t13-,14+,16+,17+,20+,34?/m0/s1. The molecule has 0 bridgehead atoms. The van der Waals surface area contributed by atoms with Crippen molar-refractivity contribution in [3.05, 3.63) is 57.6 Å². The van der Waals surface area contributed by atoms with Gasteiger partial charge in [-0.2, -0.15) is 4.98 Å². The number of phosphoric acid groups is 1. The third-order valence-corrected chi connectivity index (χ3v) is 7.54. The predicted molar refractivity (Wildman–Crippen MR) is 116 cm³/mol. The topological polar surface area (TPSA) is 150 Å². The largest absolute Gasteiger partial charge is 0.509 e. The number of benzene rings is 1. The number of carbonyl (C=O) groups excluding carboxylic acids is 1. The van der Waals surface area contributed by atoms with Gasteiger partial charge in [0.05, 0.1) is 19.3 Å². The Balaban J connectivity index is 1.33. The number of carbonyl (C=O) groups is 1. The van der Waals surface area contributed by atoms with E-state index in [0.717, 1.165) is 10.1 Å². The minimum atomic E-state index is -3.99. The van der Waals surface area contributed by atoms with E-state index >= 15 is 0 Å². The Morgan fingerprint density at radius 2 is 2.18 bits per heavy atom. The van der Waals surface area contributed by atoms with Crippen molar-refractivity contribution in [1.82, 2.24) is 9.55 Å². The fourth-order valence-electron chi connectivity index (χ4n) is 4.24. The van der Waals surface area contributed by atoms with Gasteiger partial charge in [-0.1, -0.05) is 23.7 Å². The van der Waals surface area contributed by atoms with Crippen molar-refractivity contribution in [2.75, 3.05) is 18.9 Å². The zero-order chi connectivity index (χ0) is 24.1. The minimum Gasteiger partial charge on any atom is -0.424 e. The van der Waals surface area contributed by atoms with Crippen LogP contribution in [0.4, 0.5) is 10.6 Å². The van der Waals surface area contributed by atoms with Crippen molar-refractivity contribution < 1.29 is 37.1 Å². The van der Waals surface area contributed by atoms with Crippen molar-refractivity contribution in [3.8, 4) is 0 Å². The molecule has 0 aliphatic carbocycles. The highest BCUT2D eigenvalue weighted by atomic mass is 35.5. The van der Waals surface area contributed by atoms with E-state index < -0.39 is 49.8 Å². The maximum Gasteiger partial charge on any atom is 0.509 e. The van der Waals surface area contributed by atoms with E-state index in [9.17, 15) is 14.2 Å². The van der Waals surface area contributed by atoms with Crippen LogP contribution >= 0.6 is 19.4 Å². The van der Waals surface area contributed by atoms with Gasteiger partial charge in [-0.15, -0.1) is 0 Å². The first-order valence-corrected chi connectivity index (χ1v) is 12.2. The number of fused-ring (bicyclic) bond motifs is 1. The summed E-state index contributed by atoms with van der Waals surface area (Å²) in [5.74, 6) is 0.0273. The van der Waals surface area contributed by atoms with Gasteiger partial charge in [0.25, 0.3) is 0 Å². The average molecular weight is 514 g/mol. The molecule has 1 unspecified atom stereocenters. The zero-order valence-electron chi connectivity index (χ0n) is 17.9. The monoisotopic (exact) mass is 513 g/mol. The molecule has 0 saturated carbocycles. The fraction of sp³-hybridized carbons (Fsp3) is 0.450. The number of nitrogens with two attached hydrogens (primary N) is 1. The minimum absolute atomic E-state index is 0.0273. The van der Waals surface area contributed by atoms with Gasteiger partial charge in [-0.3, -0.25) is 18.1 Å². The molecule has 182 valence electrons. The smallest absolute Gasteiger partial charge is 0.424 e. The Morgan fingerprint density at radius 1 is 1.35 bits per heavy atom. The van der Waals surface area contributed by atoms with Crippen LogP contribution in [-0.4, -0.2) is 46.7 Å². The van der Waals surface area contributed by atoms with Crippen LogP contribution < -0.4 is 11.4 Å². The van der Waals surface area contributed by atoms with E-state index in [1.807, 2.05) is 0 Å². The lowest BCUT2D eigenvalue weighted by molar-refractivity contribution is -0.0959. The summed E-state index contributed by atoms with van der Waals surface area (Å²) in [4.78, 5) is 28.0. The van der Waals surface area contributed by atoms with E-state index in [4.69, 9.17) is 45.1 Å². The zero-order valence-corrected chi connectivity index (χ0v) is 19.5. The highest BCUT2D eigenvalue weighted by molar-refractivity contribution is 7.48. The molecule has 0 spiro atoms. The molecule has 5 rings (SSSR count). The summed E-state index contributed by atoms with van der Waals surface area (Å²) in [6.45, 7) is 1.36. The van der Waals surface area contributed by atoms with Gasteiger partial charge in [-0.25, -0.2) is 14.2 Å². The number of ether oxygens (including phenoxy) is 3. The van der Waals surface area contributed by atoms with Crippen molar-refractivity contribution in [3.63, 3.8) is 0 Å². The van der Waals surface area contributed by atoms with E-state index in [1.165, 1.54) is 12.3 Å². The molecule has 14 heteroatoms. The Hall–Kier alpha value is -2.47. The highest BCUT2D eigenvalue weighted by Gasteiger charge is 2.64. The lowest BCUT2D eigenvalue weighted by atomic mass is 9.96. The first-order valence-electron chi connectivity index (χ1n) is 10.4. The molecule has 3 fully saturated rings. The van der Waals surface area contributed by atoms with E-state index in [0.29, 0.717) is 11.4 Å². The summed E-state index contributed by atoms with van der Waals surface area (Å²) in [6, 6.07) is 8.40. The lowest BCUT2D eigenvalue weighted by Crippen LogP contribution is -2.44. The van der Waals surface area contributed by atoms with Crippen LogP contribution in [0.5, 0.6) is 0 Å². The fourth-order valence-corrected chi connectivity index (χ4v) is 5.83. The van der Waals surface area contributed by atoms with E-state index in [2.05, 4.69) is 4.98 Å². The van der Waals surface area contributed by atoms with Crippen molar-refractivity contribution in [2.45, 2.75) is 43.5 Å². The van der Waals surface area contributed by atoms with Gasteiger partial charge < -0.3 is 19.9 Å². The summed E-state index contributed by atoms with van der Waals surface area (Å²) < 4.78 is 47.4. The SMILES string of the molecule is C[C@@]12OC(=O)O[C@@H]1[C@@H](COP1(=O)OCC[C@@H](c3cccc(Cl)c3)O1)O[C@H]2n1ccc(N)nc1=O. The first-order chi connectivity index (χ1) is 16.2. The van der Waals surface area contributed by atoms with Crippen LogP contribution in [0.25, 0.3) is 0 Å². The van der Waals surface area contributed by atoms with Crippen LogP contribution in [0.3, 0.4) is 0 Å². The molecule has 0 amide bonds. The van der Waals surface area contributed by atoms with Crippen molar-refractivity contribution >= 4 is 31.4 Å². The van der Waals surface area contributed by atoms with Gasteiger partial charge in [0, 0.05) is 17.6 Å². The first kappa shape index (κ1) is 23.3. The summed E-state index contributed by atoms with van der Waals surface area (Å²) >= 11 is 6.05. The second-order valence-corrected chi connectivity index (χ2v) is 10.2. The number of hydrogen-bond acceptors (Lipinski definition) is 11. The number of anilines is 1. The Bertz CT molecular complexity index is 1230. The molecule has 4 heterocycles. The molecule has 3 aliphatic rings. The Kier molecular flexibility index (Phi) is 5.91. The summed E-state index contributed by atoms with van der Waals surface area (Å²) in [6.07, 6.45) is -2.66. The molecule has 2 aromatic rings. The molecule has 6 atom stereocenters. The maximum atomic E-state index is 13.2. The Morgan fingerprint density at radius 3 is 2.94 bits per heavy atom. The molecule has 1 aromatic carbocycles. The second-order valence-electron chi connectivity index (χ2n) is 8.16. The molecular weight excluding hydrogens is 493 g/mol. The number of hydrogen-bond donors (Lipinski definition) is 1. The van der Waals surface area contributed by atoms with Gasteiger partial charge in [0.2, 0.25) is 0 Å². The van der Waals surface area contributed by atoms with Crippen LogP contribution in [0, 0.1) is 0 Å². The summed E-state index contributed by atoms with van der Waals surface area (Å²) in [5, 5.41) is 0.517. The normalized spacial score (nSPS) is 34.9. The van der Waals surface area contributed by atoms with Gasteiger partial charge in [0.15, 0.2) is 17.9 Å². The quantitative estimate of drug-likeness (QED) is 0.464. The van der Waals surface area contributed by atoms with Crippen molar-refractivity contribution in [1.29, 1.82) is 0 Å². The summed E-state index contributed by atoms with van der Waals surface area (Å²) in [7, 11) is -3.99. The molecule has 34 heavy (non-hydrogen) atoms. The van der Waals surface area contributed by atoms with Crippen LogP contribution in [0.15, 0.2) is 41.3 Å². The maximum absolute atomic E-state index is 13.2. The molecule has 0 radical (unpaired) electrons.